The molecule has 2 N–H and O–H groups in total. The number of carbonyl (C=O) groups is 3. The van der Waals surface area contributed by atoms with Crippen LogP contribution in [-0.4, -0.2) is 39.3 Å². The van der Waals surface area contributed by atoms with Gasteiger partial charge in [-0.15, -0.1) is 0 Å². The summed E-state index contributed by atoms with van der Waals surface area (Å²) >= 11 is 0. The minimum Gasteiger partial charge on any atom is -0.391 e. The maximum Gasteiger partial charge on any atom is 0.156 e. The van der Waals surface area contributed by atoms with E-state index in [2.05, 4.69) is 6.58 Å². The van der Waals surface area contributed by atoms with Gasteiger partial charge in [-0.2, -0.15) is 0 Å². The zero-order valence-electron chi connectivity index (χ0n) is 20.2. The lowest BCUT2D eigenvalue weighted by Gasteiger charge is -2.45. The minimum absolute atomic E-state index is 0.0192. The summed E-state index contributed by atoms with van der Waals surface area (Å²) in [4.78, 5) is 40.1. The molecule has 2 aliphatic rings. The fourth-order valence-electron chi connectivity index (χ4n) is 5.46. The molecule has 2 rings (SSSR count). The molecule has 0 saturated heterocycles. The molecule has 0 aromatic carbocycles. The third kappa shape index (κ3) is 4.78. The van der Waals surface area contributed by atoms with E-state index in [0.717, 1.165) is 17.6 Å². The average molecular weight is 433 g/mol. The Bertz CT molecular complexity index is 786. The molecule has 0 aromatic heterocycles. The van der Waals surface area contributed by atoms with Crippen LogP contribution in [0, 0.1) is 35.0 Å². The lowest BCUT2D eigenvalue weighted by atomic mass is 9.57. The quantitative estimate of drug-likeness (QED) is 0.467. The summed E-state index contributed by atoms with van der Waals surface area (Å²) in [5.41, 5.74) is -0.300. The minimum atomic E-state index is -1.35. The number of hydrogen-bond donors (Lipinski definition) is 2. The van der Waals surface area contributed by atoms with Gasteiger partial charge in [0.2, 0.25) is 0 Å². The predicted molar refractivity (Wildman–Crippen MR) is 121 cm³/mol. The molecule has 7 atom stereocenters. The van der Waals surface area contributed by atoms with E-state index in [4.69, 9.17) is 0 Å². The Balaban J connectivity index is 2.52. The predicted octanol–water partition coefficient (Wildman–Crippen LogP) is 4.06. The molecule has 174 valence electrons. The molecule has 0 radical (unpaired) electrons. The molecule has 0 amide bonds. The normalized spacial score (nSPS) is 38.5. The number of aliphatic hydroxyl groups is 2. The van der Waals surface area contributed by atoms with E-state index < -0.39 is 40.7 Å². The van der Waals surface area contributed by atoms with Gasteiger partial charge >= 0.3 is 0 Å². The first kappa shape index (κ1) is 25.7. The molecular formula is C26H40O5. The highest BCUT2D eigenvalue weighted by Gasteiger charge is 2.59. The summed E-state index contributed by atoms with van der Waals surface area (Å²) < 4.78 is 0. The zero-order valence-corrected chi connectivity index (χ0v) is 20.2. The van der Waals surface area contributed by atoms with Crippen molar-refractivity contribution in [1.29, 1.82) is 0 Å². The molecule has 0 aromatic rings. The van der Waals surface area contributed by atoms with Crippen molar-refractivity contribution < 1.29 is 24.6 Å². The van der Waals surface area contributed by atoms with Crippen molar-refractivity contribution in [3.8, 4) is 0 Å². The van der Waals surface area contributed by atoms with Crippen LogP contribution in [0.1, 0.15) is 74.1 Å². The van der Waals surface area contributed by atoms with Gasteiger partial charge in [-0.1, -0.05) is 37.6 Å². The van der Waals surface area contributed by atoms with Gasteiger partial charge in [0.15, 0.2) is 11.6 Å². The molecule has 0 bridgehead atoms. The van der Waals surface area contributed by atoms with E-state index in [1.165, 1.54) is 0 Å². The summed E-state index contributed by atoms with van der Waals surface area (Å²) in [7, 11) is 0. The smallest absolute Gasteiger partial charge is 0.156 e. The Morgan fingerprint density at radius 3 is 2.29 bits per heavy atom. The zero-order chi connectivity index (χ0) is 23.9. The van der Waals surface area contributed by atoms with Crippen LogP contribution in [0.5, 0.6) is 0 Å². The Morgan fingerprint density at radius 1 is 1.23 bits per heavy atom. The summed E-state index contributed by atoms with van der Waals surface area (Å²) in [6, 6.07) is 0. The molecule has 0 spiro atoms. The van der Waals surface area contributed by atoms with E-state index in [-0.39, 0.29) is 36.2 Å². The van der Waals surface area contributed by atoms with Crippen LogP contribution in [0.2, 0.25) is 0 Å². The summed E-state index contributed by atoms with van der Waals surface area (Å²) in [6.07, 6.45) is 2.32. The van der Waals surface area contributed by atoms with Crippen molar-refractivity contribution in [2.45, 2.75) is 85.9 Å². The molecule has 2 aliphatic carbocycles. The molecule has 5 nitrogen and oxygen atoms in total. The number of ketones is 3. The number of aliphatic hydroxyl groups excluding tert-OH is 1. The standard InChI is InChI=1S/C26H40O5/c1-14(2)9-11-25(7)23(29)18(22(28)20(24(25)30)21(27)16(5)6)13-19-17(15(3)4)10-12-26(19,8)31/h9,16-20,24,30-31H,3,10-13H2,1-2,4-8H3/t17?,18?,19-,20?,24?,25?,26-/m0/s1. The van der Waals surface area contributed by atoms with Crippen LogP contribution < -0.4 is 0 Å². The first-order valence-corrected chi connectivity index (χ1v) is 11.5. The molecule has 0 heterocycles. The fourth-order valence-corrected chi connectivity index (χ4v) is 5.46. The summed E-state index contributed by atoms with van der Waals surface area (Å²) in [6.45, 7) is 16.6. The highest BCUT2D eigenvalue weighted by Crippen LogP contribution is 2.50. The molecule has 31 heavy (non-hydrogen) atoms. The Morgan fingerprint density at radius 2 is 1.81 bits per heavy atom. The molecule has 2 fully saturated rings. The summed E-state index contributed by atoms with van der Waals surface area (Å²) in [5, 5.41) is 22.1. The molecule has 0 aliphatic heterocycles. The molecule has 2 saturated carbocycles. The third-order valence-electron chi connectivity index (χ3n) is 7.68. The van der Waals surface area contributed by atoms with Crippen LogP contribution in [0.3, 0.4) is 0 Å². The van der Waals surface area contributed by atoms with Crippen molar-refractivity contribution in [3.05, 3.63) is 23.8 Å². The van der Waals surface area contributed by atoms with Crippen LogP contribution >= 0.6 is 0 Å². The Labute approximate surface area is 187 Å². The summed E-state index contributed by atoms with van der Waals surface area (Å²) in [5.74, 6) is -4.06. The van der Waals surface area contributed by atoms with E-state index in [0.29, 0.717) is 6.42 Å². The van der Waals surface area contributed by atoms with Crippen LogP contribution in [0.4, 0.5) is 0 Å². The molecule has 5 heteroatoms. The van der Waals surface area contributed by atoms with Crippen molar-refractivity contribution in [1.82, 2.24) is 0 Å². The van der Waals surface area contributed by atoms with Gasteiger partial charge in [0, 0.05) is 5.92 Å². The van der Waals surface area contributed by atoms with Crippen molar-refractivity contribution in [2.75, 3.05) is 0 Å². The van der Waals surface area contributed by atoms with Gasteiger partial charge in [-0.25, -0.2) is 0 Å². The number of allylic oxidation sites excluding steroid dienone is 3. The number of hydrogen-bond acceptors (Lipinski definition) is 5. The van der Waals surface area contributed by atoms with Crippen LogP contribution in [0.15, 0.2) is 23.8 Å². The largest absolute Gasteiger partial charge is 0.391 e. The van der Waals surface area contributed by atoms with Crippen LogP contribution in [-0.2, 0) is 14.4 Å². The van der Waals surface area contributed by atoms with Gasteiger partial charge in [-0.3, -0.25) is 14.4 Å². The Kier molecular flexibility index (Phi) is 7.54. The van der Waals surface area contributed by atoms with Crippen molar-refractivity contribution >= 4 is 17.3 Å². The maximum absolute atomic E-state index is 13.7. The van der Waals surface area contributed by atoms with Crippen molar-refractivity contribution in [2.24, 2.45) is 35.0 Å². The SMILES string of the molecule is C=C(C)C1CC[C@](C)(O)[C@H]1CC1C(=O)C(C(=O)C(C)C)C(O)C(C)(CC=C(C)C)C1=O. The highest BCUT2D eigenvalue weighted by atomic mass is 16.3. The monoisotopic (exact) mass is 432 g/mol. The number of rotatable bonds is 7. The van der Waals surface area contributed by atoms with E-state index in [9.17, 15) is 24.6 Å². The highest BCUT2D eigenvalue weighted by molar-refractivity contribution is 6.16. The molecule has 5 unspecified atom stereocenters. The van der Waals surface area contributed by atoms with E-state index in [1.54, 1.807) is 27.7 Å². The first-order chi connectivity index (χ1) is 14.1. The number of carbonyl (C=O) groups excluding carboxylic acids is 3. The van der Waals surface area contributed by atoms with Gasteiger partial charge in [0.1, 0.15) is 11.7 Å². The topological polar surface area (TPSA) is 91.7 Å². The van der Waals surface area contributed by atoms with E-state index in [1.807, 2.05) is 26.8 Å². The third-order valence-corrected chi connectivity index (χ3v) is 7.68. The Hall–Kier alpha value is -1.59. The van der Waals surface area contributed by atoms with Gasteiger partial charge in [0.25, 0.3) is 0 Å². The average Bonchev–Trinajstić information content (AvgIpc) is 2.96. The van der Waals surface area contributed by atoms with Gasteiger partial charge < -0.3 is 10.2 Å². The maximum atomic E-state index is 13.7. The second kappa shape index (κ2) is 9.11. The van der Waals surface area contributed by atoms with Gasteiger partial charge in [0.05, 0.1) is 23.0 Å². The lowest BCUT2D eigenvalue weighted by Crippen LogP contribution is -2.60. The second-order valence-corrected chi connectivity index (χ2v) is 10.9. The van der Waals surface area contributed by atoms with Crippen LogP contribution in [0.25, 0.3) is 0 Å². The first-order valence-electron chi connectivity index (χ1n) is 11.5. The van der Waals surface area contributed by atoms with E-state index >= 15 is 0 Å². The fraction of sp³-hybridized carbons (Fsp3) is 0.731. The van der Waals surface area contributed by atoms with Crippen molar-refractivity contribution in [3.63, 3.8) is 0 Å². The lowest BCUT2D eigenvalue weighted by molar-refractivity contribution is -0.164. The number of Topliss-reactive ketones (excluding diaryl/α,β-unsaturated/α-hetero) is 3. The second-order valence-electron chi connectivity index (χ2n) is 10.9. The molecular weight excluding hydrogens is 392 g/mol. The van der Waals surface area contributed by atoms with Gasteiger partial charge in [-0.05, 0) is 72.1 Å².